The smallest absolute Gasteiger partial charge is 0.0883 e. The number of benzene rings is 1. The van der Waals surface area contributed by atoms with Crippen molar-refractivity contribution in [1.29, 1.82) is 0 Å². The normalized spacial score (nSPS) is 19.2. The van der Waals surface area contributed by atoms with Crippen molar-refractivity contribution in [2.45, 2.75) is 31.0 Å². The first-order chi connectivity index (χ1) is 5.59. The lowest BCUT2D eigenvalue weighted by Gasteiger charge is -2.18. The lowest BCUT2D eigenvalue weighted by molar-refractivity contribution is -0.00795. The van der Waals surface area contributed by atoms with Crippen molar-refractivity contribution in [1.82, 2.24) is 0 Å². The highest BCUT2D eigenvalue weighted by Gasteiger charge is 2.30. The van der Waals surface area contributed by atoms with Crippen LogP contribution in [0.25, 0.3) is 0 Å². The van der Waals surface area contributed by atoms with Crippen molar-refractivity contribution < 1.29 is 4.74 Å². The minimum absolute atomic E-state index is 0.131. The molecular formula is C10H12OS. The molecule has 0 aromatic heterocycles. The van der Waals surface area contributed by atoms with Crippen LogP contribution in [0.1, 0.15) is 25.0 Å². The number of thiol groups is 1. The molecule has 12 heavy (non-hydrogen) atoms. The molecule has 2 heteroatoms. The van der Waals surface area contributed by atoms with E-state index in [1.165, 1.54) is 11.1 Å². The van der Waals surface area contributed by atoms with Crippen LogP contribution in [0.4, 0.5) is 0 Å². The van der Waals surface area contributed by atoms with Crippen LogP contribution in [-0.2, 0) is 16.9 Å². The maximum absolute atomic E-state index is 5.63. The van der Waals surface area contributed by atoms with Gasteiger partial charge >= 0.3 is 0 Å². The van der Waals surface area contributed by atoms with Crippen molar-refractivity contribution >= 4 is 12.6 Å². The van der Waals surface area contributed by atoms with E-state index in [1.54, 1.807) is 0 Å². The molecule has 0 atom stereocenters. The fraction of sp³-hybridized carbons (Fsp3) is 0.400. The maximum Gasteiger partial charge on any atom is 0.0883 e. The summed E-state index contributed by atoms with van der Waals surface area (Å²) in [5.74, 6) is 0. The average Bonchev–Trinajstić information content (AvgIpc) is 2.28. The molecule has 0 bridgehead atoms. The third kappa shape index (κ3) is 1.15. The van der Waals surface area contributed by atoms with Gasteiger partial charge in [0.05, 0.1) is 12.2 Å². The molecule has 0 saturated carbocycles. The predicted molar refractivity (Wildman–Crippen MR) is 51.5 cm³/mol. The van der Waals surface area contributed by atoms with Gasteiger partial charge in [-0.25, -0.2) is 0 Å². The fourth-order valence-corrected chi connectivity index (χ4v) is 1.79. The Bertz CT molecular complexity index is 318. The zero-order valence-electron chi connectivity index (χ0n) is 7.29. The molecule has 0 radical (unpaired) electrons. The fourth-order valence-electron chi connectivity index (χ4n) is 1.59. The highest BCUT2D eigenvalue weighted by molar-refractivity contribution is 7.80. The highest BCUT2D eigenvalue weighted by atomic mass is 32.1. The molecule has 2 rings (SSSR count). The Morgan fingerprint density at radius 1 is 1.42 bits per heavy atom. The third-order valence-corrected chi connectivity index (χ3v) is 2.61. The summed E-state index contributed by atoms with van der Waals surface area (Å²) >= 11 is 4.31. The van der Waals surface area contributed by atoms with Gasteiger partial charge in [-0.15, -0.1) is 12.6 Å². The van der Waals surface area contributed by atoms with E-state index in [9.17, 15) is 0 Å². The Balaban J connectivity index is 2.57. The van der Waals surface area contributed by atoms with Gasteiger partial charge in [0.1, 0.15) is 0 Å². The number of rotatable bonds is 0. The molecule has 0 amide bonds. The van der Waals surface area contributed by atoms with Crippen LogP contribution in [-0.4, -0.2) is 0 Å². The Hall–Kier alpha value is -0.470. The van der Waals surface area contributed by atoms with Crippen LogP contribution in [0.15, 0.2) is 23.1 Å². The molecule has 0 spiro atoms. The largest absolute Gasteiger partial charge is 0.366 e. The Kier molecular flexibility index (Phi) is 1.70. The molecule has 0 N–H and O–H groups in total. The second-order valence-corrected chi connectivity index (χ2v) is 4.16. The van der Waals surface area contributed by atoms with Crippen LogP contribution < -0.4 is 0 Å². The van der Waals surface area contributed by atoms with E-state index in [0.29, 0.717) is 0 Å². The first-order valence-electron chi connectivity index (χ1n) is 4.06. The summed E-state index contributed by atoms with van der Waals surface area (Å²) in [5, 5.41) is 0. The topological polar surface area (TPSA) is 9.23 Å². The minimum atomic E-state index is -0.131. The second-order valence-electron chi connectivity index (χ2n) is 3.64. The standard InChI is InChI=1S/C10H12OS/c1-10(2)9-5-8(12)4-3-7(9)6-11-10/h3-5,12H,6H2,1-2H3. The van der Waals surface area contributed by atoms with Crippen LogP contribution >= 0.6 is 12.6 Å². The molecule has 1 nitrogen and oxygen atoms in total. The van der Waals surface area contributed by atoms with Crippen LogP contribution in [0, 0.1) is 0 Å². The van der Waals surface area contributed by atoms with E-state index in [1.807, 2.05) is 6.07 Å². The number of hydrogen-bond acceptors (Lipinski definition) is 2. The summed E-state index contributed by atoms with van der Waals surface area (Å²) in [6.45, 7) is 4.91. The zero-order chi connectivity index (χ0) is 8.77. The molecule has 1 aliphatic rings. The van der Waals surface area contributed by atoms with Crippen molar-refractivity contribution in [3.05, 3.63) is 29.3 Å². The SMILES string of the molecule is CC1(C)OCc2ccc(S)cc21. The second kappa shape index (κ2) is 2.51. The van der Waals surface area contributed by atoms with Crippen LogP contribution in [0.5, 0.6) is 0 Å². The third-order valence-electron chi connectivity index (χ3n) is 2.33. The van der Waals surface area contributed by atoms with Crippen LogP contribution in [0.3, 0.4) is 0 Å². The van der Waals surface area contributed by atoms with Gasteiger partial charge in [0.25, 0.3) is 0 Å². The van der Waals surface area contributed by atoms with Crippen molar-refractivity contribution in [2.75, 3.05) is 0 Å². The average molecular weight is 180 g/mol. The van der Waals surface area contributed by atoms with Gasteiger partial charge in [-0.2, -0.15) is 0 Å². The van der Waals surface area contributed by atoms with Crippen molar-refractivity contribution in [3.8, 4) is 0 Å². The summed E-state index contributed by atoms with van der Waals surface area (Å²) in [5.41, 5.74) is 2.43. The van der Waals surface area contributed by atoms with Gasteiger partial charge in [0.2, 0.25) is 0 Å². The van der Waals surface area contributed by atoms with Gasteiger partial charge in [0, 0.05) is 4.90 Å². The Morgan fingerprint density at radius 2 is 2.17 bits per heavy atom. The lowest BCUT2D eigenvalue weighted by atomic mass is 9.96. The quantitative estimate of drug-likeness (QED) is 0.604. The molecule has 0 fully saturated rings. The predicted octanol–water partition coefficient (Wildman–Crippen LogP) is 2.74. The molecule has 0 aliphatic carbocycles. The van der Waals surface area contributed by atoms with Gasteiger partial charge in [-0.1, -0.05) is 6.07 Å². The molecule has 1 aromatic carbocycles. The number of hydrogen-bond donors (Lipinski definition) is 1. The van der Waals surface area contributed by atoms with Gasteiger partial charge in [-0.05, 0) is 37.1 Å². The van der Waals surface area contributed by atoms with E-state index < -0.39 is 0 Å². The molecule has 0 saturated heterocycles. The molecular weight excluding hydrogens is 168 g/mol. The zero-order valence-corrected chi connectivity index (χ0v) is 8.19. The molecule has 0 unspecified atom stereocenters. The van der Waals surface area contributed by atoms with Crippen LogP contribution in [0.2, 0.25) is 0 Å². The van der Waals surface area contributed by atoms with Crippen molar-refractivity contribution in [2.24, 2.45) is 0 Å². The van der Waals surface area contributed by atoms with E-state index in [2.05, 4.69) is 38.6 Å². The molecule has 1 aliphatic heterocycles. The monoisotopic (exact) mass is 180 g/mol. The molecule has 64 valence electrons. The maximum atomic E-state index is 5.63. The minimum Gasteiger partial charge on any atom is -0.366 e. The number of fused-ring (bicyclic) bond motifs is 1. The van der Waals surface area contributed by atoms with Crippen molar-refractivity contribution in [3.63, 3.8) is 0 Å². The first-order valence-corrected chi connectivity index (χ1v) is 4.51. The summed E-state index contributed by atoms with van der Waals surface area (Å²) in [4.78, 5) is 1.01. The van der Waals surface area contributed by atoms with E-state index >= 15 is 0 Å². The highest BCUT2D eigenvalue weighted by Crippen LogP contribution is 2.36. The summed E-state index contributed by atoms with van der Waals surface area (Å²) in [6.07, 6.45) is 0. The lowest BCUT2D eigenvalue weighted by Crippen LogP contribution is -2.14. The summed E-state index contributed by atoms with van der Waals surface area (Å²) in [7, 11) is 0. The van der Waals surface area contributed by atoms with E-state index in [-0.39, 0.29) is 5.60 Å². The summed E-state index contributed by atoms with van der Waals surface area (Å²) < 4.78 is 5.63. The van der Waals surface area contributed by atoms with E-state index in [0.717, 1.165) is 11.5 Å². The van der Waals surface area contributed by atoms with Gasteiger partial charge < -0.3 is 4.74 Å². The molecule has 1 heterocycles. The Morgan fingerprint density at radius 3 is 2.92 bits per heavy atom. The van der Waals surface area contributed by atoms with Gasteiger partial charge in [0.15, 0.2) is 0 Å². The van der Waals surface area contributed by atoms with E-state index in [4.69, 9.17) is 4.74 Å². The molecule has 1 aromatic rings. The van der Waals surface area contributed by atoms with Gasteiger partial charge in [-0.3, -0.25) is 0 Å². The Labute approximate surface area is 78.2 Å². The first kappa shape index (κ1) is 8.14. The summed E-state index contributed by atoms with van der Waals surface area (Å²) in [6, 6.07) is 6.19. The number of ether oxygens (including phenoxy) is 1.